The number of likely N-dealkylation sites (N-methyl/N-ethyl adjacent to an activating group) is 1. The van der Waals surface area contributed by atoms with Gasteiger partial charge < -0.3 is 19.3 Å². The van der Waals surface area contributed by atoms with Crippen LogP contribution in [-0.2, 0) is 27.5 Å². The van der Waals surface area contributed by atoms with Crippen LogP contribution in [0.15, 0.2) is 53.5 Å². The maximum absolute atomic E-state index is 13.4. The number of hydrogen-bond donors (Lipinski definition) is 1. The number of aliphatic imine (C=N–C) groups is 1. The summed E-state index contributed by atoms with van der Waals surface area (Å²) in [6, 6.07) is 10.3. The Hall–Kier alpha value is -4.73. The summed E-state index contributed by atoms with van der Waals surface area (Å²) in [6.45, 7) is 1.01. The molecule has 4 rings (SSSR count). The highest BCUT2D eigenvalue weighted by molar-refractivity contribution is 7.81. The Morgan fingerprint density at radius 1 is 0.977 bits per heavy atom. The molecule has 0 aromatic heterocycles. The van der Waals surface area contributed by atoms with Crippen LogP contribution in [0.5, 0.6) is 0 Å². The van der Waals surface area contributed by atoms with E-state index in [1.807, 2.05) is 0 Å². The van der Waals surface area contributed by atoms with E-state index in [2.05, 4.69) is 17.6 Å². The molecule has 43 heavy (non-hydrogen) atoms. The number of hydrogen-bond acceptors (Lipinski definition) is 10. The van der Waals surface area contributed by atoms with Gasteiger partial charge in [-0.15, -0.1) is 0 Å². The monoisotopic (exact) mass is 614 g/mol. The Morgan fingerprint density at radius 3 is 2.09 bits per heavy atom. The van der Waals surface area contributed by atoms with Crippen molar-refractivity contribution < 1.29 is 33.7 Å². The maximum atomic E-state index is 13.4. The standard InChI is InChI=1S/C27H30N6O9S/c1-29(22-10-11-30(13-22)17-28-26(35)41-15-18-2-6-20(7-3-18)32(37)38)25(34)24-12-23(43)14-31(24)27(36)42-16-19-4-8-21(9-5-19)33(39)40/h2-9,17,22-24,43H,10-16H2,1H3/t22-,23-,24-/m0/s1. The van der Waals surface area contributed by atoms with Crippen LogP contribution in [0.2, 0.25) is 0 Å². The molecule has 16 heteroatoms. The highest BCUT2D eigenvalue weighted by Gasteiger charge is 2.42. The summed E-state index contributed by atoms with van der Waals surface area (Å²) in [5.41, 5.74) is 1.02. The summed E-state index contributed by atoms with van der Waals surface area (Å²) in [4.78, 5) is 67.4. The Labute approximate surface area is 251 Å². The fraction of sp³-hybridized carbons (Fsp3) is 0.407. The number of rotatable bonds is 9. The molecule has 2 aromatic rings. The SMILES string of the molecule is CN(C(=O)[C@@H]1C[C@H](S)CN1C(=O)OCc1ccc([N+](=O)[O-])cc1)[C@H]1CCN(C=NC(=O)OCc2ccc([N+](=O)[O-])cc2)C1. The quantitative estimate of drug-likeness (QED) is 0.145. The van der Waals surface area contributed by atoms with E-state index in [0.717, 1.165) is 0 Å². The summed E-state index contributed by atoms with van der Waals surface area (Å²) < 4.78 is 10.5. The van der Waals surface area contributed by atoms with E-state index in [0.29, 0.717) is 37.1 Å². The second-order valence-electron chi connectivity index (χ2n) is 10.1. The lowest BCUT2D eigenvalue weighted by molar-refractivity contribution is -0.385. The first kappa shape index (κ1) is 31.2. The van der Waals surface area contributed by atoms with E-state index >= 15 is 0 Å². The molecule has 2 aliphatic heterocycles. The van der Waals surface area contributed by atoms with Crippen molar-refractivity contribution in [1.82, 2.24) is 14.7 Å². The van der Waals surface area contributed by atoms with Gasteiger partial charge in [0.25, 0.3) is 11.4 Å². The molecule has 2 aliphatic rings. The van der Waals surface area contributed by atoms with Crippen molar-refractivity contribution in [3.05, 3.63) is 79.9 Å². The number of carbonyl (C=O) groups excluding carboxylic acids is 3. The third kappa shape index (κ3) is 8.18. The van der Waals surface area contributed by atoms with Gasteiger partial charge >= 0.3 is 12.2 Å². The number of likely N-dealkylation sites (tertiary alicyclic amines) is 2. The molecule has 0 N–H and O–H groups in total. The van der Waals surface area contributed by atoms with E-state index < -0.39 is 28.1 Å². The number of nitro benzene ring substituents is 2. The third-order valence-corrected chi connectivity index (χ3v) is 7.61. The van der Waals surface area contributed by atoms with Crippen LogP contribution in [0.3, 0.4) is 0 Å². The molecule has 0 radical (unpaired) electrons. The van der Waals surface area contributed by atoms with Gasteiger partial charge in [0.05, 0.1) is 22.2 Å². The second kappa shape index (κ2) is 14.0. The largest absolute Gasteiger partial charge is 0.445 e. The zero-order chi connectivity index (χ0) is 31.1. The van der Waals surface area contributed by atoms with E-state index in [1.165, 1.54) is 59.8 Å². The minimum absolute atomic E-state index is 0.0640. The molecule has 3 atom stereocenters. The van der Waals surface area contributed by atoms with Crippen LogP contribution in [0.4, 0.5) is 21.0 Å². The number of non-ortho nitro benzene ring substituents is 2. The average molecular weight is 615 g/mol. The Kier molecular flexibility index (Phi) is 10.1. The molecule has 15 nitrogen and oxygen atoms in total. The van der Waals surface area contributed by atoms with Gasteiger partial charge in [-0.25, -0.2) is 9.59 Å². The topological polar surface area (TPSA) is 178 Å². The average Bonchev–Trinajstić information content (AvgIpc) is 3.64. The number of nitro groups is 2. The number of amides is 3. The van der Waals surface area contributed by atoms with Gasteiger partial charge in [0.1, 0.15) is 19.3 Å². The first-order valence-electron chi connectivity index (χ1n) is 13.3. The molecule has 0 bridgehead atoms. The Bertz CT molecular complexity index is 1390. The first-order chi connectivity index (χ1) is 20.5. The normalized spacial score (nSPS) is 19.8. The van der Waals surface area contributed by atoms with Gasteiger partial charge in [-0.2, -0.15) is 17.6 Å². The van der Waals surface area contributed by atoms with Crippen LogP contribution >= 0.6 is 12.6 Å². The Balaban J connectivity index is 1.25. The minimum atomic E-state index is -0.820. The van der Waals surface area contributed by atoms with Crippen LogP contribution < -0.4 is 0 Å². The molecule has 0 spiro atoms. The van der Waals surface area contributed by atoms with Crippen molar-refractivity contribution in [2.24, 2.45) is 4.99 Å². The zero-order valence-corrected chi connectivity index (χ0v) is 24.1. The summed E-state index contributed by atoms with van der Waals surface area (Å²) >= 11 is 4.48. The number of thiol groups is 1. The van der Waals surface area contributed by atoms with Crippen molar-refractivity contribution in [2.45, 2.75) is 43.4 Å². The Morgan fingerprint density at radius 2 is 1.53 bits per heavy atom. The molecule has 0 aliphatic carbocycles. The molecular weight excluding hydrogens is 584 g/mol. The maximum Gasteiger partial charge on any atom is 0.435 e. The predicted octanol–water partition coefficient (Wildman–Crippen LogP) is 3.41. The van der Waals surface area contributed by atoms with Gasteiger partial charge in [-0.1, -0.05) is 0 Å². The summed E-state index contributed by atoms with van der Waals surface area (Å²) in [5, 5.41) is 21.4. The van der Waals surface area contributed by atoms with Crippen molar-refractivity contribution >= 4 is 48.4 Å². The lowest BCUT2D eigenvalue weighted by Crippen LogP contribution is -2.50. The molecule has 3 amide bonds. The molecule has 228 valence electrons. The zero-order valence-electron chi connectivity index (χ0n) is 23.2. The van der Waals surface area contributed by atoms with Gasteiger partial charge in [0, 0.05) is 56.2 Å². The fourth-order valence-electron chi connectivity index (χ4n) is 4.82. The van der Waals surface area contributed by atoms with Crippen LogP contribution in [-0.4, -0.2) is 93.0 Å². The van der Waals surface area contributed by atoms with Crippen LogP contribution in [0, 0.1) is 20.2 Å². The van der Waals surface area contributed by atoms with Crippen molar-refractivity contribution in [3.63, 3.8) is 0 Å². The summed E-state index contributed by atoms with van der Waals surface area (Å²) in [5.74, 6) is -0.255. The van der Waals surface area contributed by atoms with Crippen LogP contribution in [0.1, 0.15) is 24.0 Å². The second-order valence-corrected chi connectivity index (χ2v) is 10.9. The lowest BCUT2D eigenvalue weighted by Gasteiger charge is -2.30. The molecule has 2 saturated heterocycles. The molecular formula is C27H30N6O9S. The first-order valence-corrected chi connectivity index (χ1v) is 13.8. The summed E-state index contributed by atoms with van der Waals surface area (Å²) in [6.07, 6.45) is 0.844. The predicted molar refractivity (Wildman–Crippen MR) is 156 cm³/mol. The minimum Gasteiger partial charge on any atom is -0.445 e. The van der Waals surface area contributed by atoms with E-state index in [9.17, 15) is 34.6 Å². The van der Waals surface area contributed by atoms with Gasteiger partial charge in [0.15, 0.2) is 0 Å². The lowest BCUT2D eigenvalue weighted by atomic mass is 10.1. The molecule has 2 heterocycles. The molecule has 2 aromatic carbocycles. The number of nitrogens with zero attached hydrogens (tertiary/aromatic N) is 6. The van der Waals surface area contributed by atoms with Gasteiger partial charge in [-0.3, -0.25) is 29.9 Å². The third-order valence-electron chi connectivity index (χ3n) is 7.23. The fourth-order valence-corrected chi connectivity index (χ4v) is 5.20. The number of ether oxygens (including phenoxy) is 2. The van der Waals surface area contributed by atoms with E-state index in [-0.39, 0.29) is 48.3 Å². The van der Waals surface area contributed by atoms with Crippen LogP contribution in [0.25, 0.3) is 0 Å². The highest BCUT2D eigenvalue weighted by Crippen LogP contribution is 2.26. The molecule has 2 fully saturated rings. The van der Waals surface area contributed by atoms with Gasteiger partial charge in [-0.05, 0) is 48.2 Å². The molecule has 0 unspecified atom stereocenters. The number of benzene rings is 2. The van der Waals surface area contributed by atoms with E-state index in [4.69, 9.17) is 9.47 Å². The van der Waals surface area contributed by atoms with E-state index in [1.54, 1.807) is 16.8 Å². The van der Waals surface area contributed by atoms with Crippen molar-refractivity contribution in [3.8, 4) is 0 Å². The molecule has 0 saturated carbocycles. The number of carbonyl (C=O) groups is 3. The smallest absolute Gasteiger partial charge is 0.435 e. The van der Waals surface area contributed by atoms with Gasteiger partial charge in [0.2, 0.25) is 5.91 Å². The van der Waals surface area contributed by atoms with Crippen molar-refractivity contribution in [2.75, 3.05) is 26.7 Å². The van der Waals surface area contributed by atoms with Crippen molar-refractivity contribution in [1.29, 1.82) is 0 Å². The highest BCUT2D eigenvalue weighted by atomic mass is 32.1. The summed E-state index contributed by atoms with van der Waals surface area (Å²) in [7, 11) is 1.67.